The molecule has 20 heavy (non-hydrogen) atoms. The number of aliphatic hydroxyl groups is 1. The summed E-state index contributed by atoms with van der Waals surface area (Å²) < 4.78 is 2.13. The number of rotatable bonds is 3. The molecule has 0 saturated heterocycles. The summed E-state index contributed by atoms with van der Waals surface area (Å²) in [5.74, 6) is 1.29. The average Bonchev–Trinajstić information content (AvgIpc) is 2.86. The maximum Gasteiger partial charge on any atom is 0.224 e. The van der Waals surface area contributed by atoms with Gasteiger partial charge >= 0.3 is 0 Å². The fourth-order valence-corrected chi connectivity index (χ4v) is 3.02. The smallest absolute Gasteiger partial charge is 0.224 e. The number of hydrogen-bond donors (Lipinski definition) is 2. The minimum Gasteiger partial charge on any atom is -0.385 e. The standard InChI is InChI=1S/C14H21N5O/c1-9(20)12-17-11-8-16-14(15-2)18-13(11)19(12)10-6-4-3-5-7-10/h8-10,20H,3-7H2,1-2H3,(H,15,16,18). The van der Waals surface area contributed by atoms with Gasteiger partial charge in [-0.2, -0.15) is 4.98 Å². The third-order valence-electron chi connectivity index (χ3n) is 4.00. The van der Waals surface area contributed by atoms with E-state index in [0.717, 1.165) is 24.0 Å². The van der Waals surface area contributed by atoms with Crippen molar-refractivity contribution in [3.63, 3.8) is 0 Å². The summed E-state index contributed by atoms with van der Waals surface area (Å²) in [6, 6.07) is 0.387. The van der Waals surface area contributed by atoms with Crippen molar-refractivity contribution in [3.05, 3.63) is 12.0 Å². The highest BCUT2D eigenvalue weighted by Gasteiger charge is 2.24. The van der Waals surface area contributed by atoms with E-state index >= 15 is 0 Å². The van der Waals surface area contributed by atoms with Gasteiger partial charge in [0.1, 0.15) is 17.4 Å². The Kier molecular flexibility index (Phi) is 3.56. The summed E-state index contributed by atoms with van der Waals surface area (Å²) in [4.78, 5) is 13.3. The van der Waals surface area contributed by atoms with Crippen molar-refractivity contribution in [1.29, 1.82) is 0 Å². The lowest BCUT2D eigenvalue weighted by Gasteiger charge is -2.25. The lowest BCUT2D eigenvalue weighted by Crippen LogP contribution is -2.17. The first-order valence-corrected chi connectivity index (χ1v) is 7.31. The summed E-state index contributed by atoms with van der Waals surface area (Å²) in [5.41, 5.74) is 1.58. The van der Waals surface area contributed by atoms with Crippen LogP contribution in [-0.4, -0.2) is 31.7 Å². The van der Waals surface area contributed by atoms with Gasteiger partial charge < -0.3 is 15.0 Å². The predicted octanol–water partition coefficient (Wildman–Crippen LogP) is 2.43. The number of imidazole rings is 1. The molecule has 0 bridgehead atoms. The molecule has 2 heterocycles. The van der Waals surface area contributed by atoms with Crippen LogP contribution in [0.15, 0.2) is 6.20 Å². The Morgan fingerprint density at radius 3 is 2.70 bits per heavy atom. The first-order chi connectivity index (χ1) is 9.70. The van der Waals surface area contributed by atoms with Crippen molar-refractivity contribution in [2.75, 3.05) is 12.4 Å². The van der Waals surface area contributed by atoms with Crippen molar-refractivity contribution in [1.82, 2.24) is 19.5 Å². The predicted molar refractivity (Wildman–Crippen MR) is 77.6 cm³/mol. The first-order valence-electron chi connectivity index (χ1n) is 7.31. The molecule has 1 saturated carbocycles. The van der Waals surface area contributed by atoms with E-state index in [-0.39, 0.29) is 0 Å². The molecule has 0 amide bonds. The van der Waals surface area contributed by atoms with E-state index < -0.39 is 6.10 Å². The van der Waals surface area contributed by atoms with Crippen LogP contribution in [-0.2, 0) is 0 Å². The number of nitrogens with one attached hydrogen (secondary N) is 1. The molecule has 0 aromatic carbocycles. The highest BCUT2D eigenvalue weighted by molar-refractivity contribution is 5.72. The average molecular weight is 275 g/mol. The van der Waals surface area contributed by atoms with Gasteiger partial charge in [-0.15, -0.1) is 0 Å². The zero-order valence-electron chi connectivity index (χ0n) is 12.0. The minimum atomic E-state index is -0.593. The van der Waals surface area contributed by atoms with E-state index in [9.17, 15) is 5.11 Å². The molecular formula is C14H21N5O. The Morgan fingerprint density at radius 2 is 2.05 bits per heavy atom. The quantitative estimate of drug-likeness (QED) is 0.899. The van der Waals surface area contributed by atoms with Crippen molar-refractivity contribution in [2.45, 2.75) is 51.2 Å². The molecular weight excluding hydrogens is 254 g/mol. The Hall–Kier alpha value is -1.69. The molecule has 0 aliphatic heterocycles. The summed E-state index contributed by atoms with van der Waals surface area (Å²) in [6.45, 7) is 1.76. The van der Waals surface area contributed by atoms with Gasteiger partial charge in [0, 0.05) is 13.1 Å². The molecule has 1 unspecified atom stereocenters. The number of aromatic nitrogens is 4. The van der Waals surface area contributed by atoms with Gasteiger partial charge in [0.25, 0.3) is 0 Å². The molecule has 1 fully saturated rings. The number of fused-ring (bicyclic) bond motifs is 1. The fourth-order valence-electron chi connectivity index (χ4n) is 3.02. The second-order valence-corrected chi connectivity index (χ2v) is 5.46. The van der Waals surface area contributed by atoms with Gasteiger partial charge in [0.15, 0.2) is 5.65 Å². The van der Waals surface area contributed by atoms with Crippen LogP contribution in [0.1, 0.15) is 57.0 Å². The SMILES string of the molecule is CNc1ncc2nc(C(C)O)n(C3CCCCC3)c2n1. The summed E-state index contributed by atoms with van der Waals surface area (Å²) in [6.07, 6.45) is 7.14. The topological polar surface area (TPSA) is 75.9 Å². The molecule has 1 atom stereocenters. The van der Waals surface area contributed by atoms with Crippen LogP contribution in [0, 0.1) is 0 Å². The third-order valence-corrected chi connectivity index (χ3v) is 4.00. The largest absolute Gasteiger partial charge is 0.385 e. The molecule has 0 radical (unpaired) electrons. The van der Waals surface area contributed by atoms with Crippen molar-refractivity contribution in [3.8, 4) is 0 Å². The second kappa shape index (κ2) is 5.36. The second-order valence-electron chi connectivity index (χ2n) is 5.46. The lowest BCUT2D eigenvalue weighted by atomic mass is 9.95. The van der Waals surface area contributed by atoms with Gasteiger partial charge in [-0.1, -0.05) is 19.3 Å². The molecule has 1 aliphatic rings. The van der Waals surface area contributed by atoms with E-state index in [0.29, 0.717) is 17.8 Å². The number of anilines is 1. The van der Waals surface area contributed by atoms with E-state index in [2.05, 4.69) is 24.8 Å². The van der Waals surface area contributed by atoms with E-state index in [4.69, 9.17) is 0 Å². The number of aliphatic hydroxyl groups excluding tert-OH is 1. The third kappa shape index (κ3) is 2.24. The van der Waals surface area contributed by atoms with E-state index in [1.807, 2.05) is 0 Å². The molecule has 1 aliphatic carbocycles. The van der Waals surface area contributed by atoms with Gasteiger partial charge in [-0.25, -0.2) is 9.97 Å². The van der Waals surface area contributed by atoms with Crippen LogP contribution in [0.2, 0.25) is 0 Å². The van der Waals surface area contributed by atoms with Crippen LogP contribution in [0.4, 0.5) is 5.95 Å². The number of nitrogens with zero attached hydrogens (tertiary/aromatic N) is 4. The molecule has 2 aromatic heterocycles. The van der Waals surface area contributed by atoms with Gasteiger partial charge in [0.2, 0.25) is 5.95 Å². The van der Waals surface area contributed by atoms with Crippen LogP contribution in [0.25, 0.3) is 11.2 Å². The molecule has 6 nitrogen and oxygen atoms in total. The fraction of sp³-hybridized carbons (Fsp3) is 0.643. The summed E-state index contributed by atoms with van der Waals surface area (Å²) >= 11 is 0. The maximum absolute atomic E-state index is 10.0. The molecule has 3 rings (SSSR count). The molecule has 6 heteroatoms. The highest BCUT2D eigenvalue weighted by Crippen LogP contribution is 2.33. The van der Waals surface area contributed by atoms with E-state index in [1.165, 1.54) is 19.3 Å². The monoisotopic (exact) mass is 275 g/mol. The molecule has 108 valence electrons. The zero-order valence-corrected chi connectivity index (χ0v) is 12.0. The Bertz CT molecular complexity index is 601. The van der Waals surface area contributed by atoms with Crippen molar-refractivity contribution >= 4 is 17.1 Å². The van der Waals surface area contributed by atoms with E-state index in [1.54, 1.807) is 20.2 Å². The number of hydrogen-bond acceptors (Lipinski definition) is 5. The normalized spacial score (nSPS) is 18.4. The minimum absolute atomic E-state index is 0.387. The van der Waals surface area contributed by atoms with Crippen molar-refractivity contribution < 1.29 is 5.11 Å². The zero-order chi connectivity index (χ0) is 14.1. The highest BCUT2D eigenvalue weighted by atomic mass is 16.3. The van der Waals surface area contributed by atoms with Crippen LogP contribution in [0.3, 0.4) is 0 Å². The van der Waals surface area contributed by atoms with Gasteiger partial charge in [0.05, 0.1) is 6.20 Å². The Morgan fingerprint density at radius 1 is 1.30 bits per heavy atom. The summed E-state index contributed by atoms with van der Waals surface area (Å²) in [7, 11) is 1.80. The van der Waals surface area contributed by atoms with Gasteiger partial charge in [-0.3, -0.25) is 0 Å². The summed E-state index contributed by atoms with van der Waals surface area (Å²) in [5, 5.41) is 13.0. The Balaban J connectivity index is 2.15. The maximum atomic E-state index is 10.0. The van der Waals surface area contributed by atoms with Crippen LogP contribution >= 0.6 is 0 Å². The lowest BCUT2D eigenvalue weighted by molar-refractivity contribution is 0.178. The molecule has 2 N–H and O–H groups in total. The molecule has 0 spiro atoms. The first kappa shape index (κ1) is 13.3. The Labute approximate surface area is 118 Å². The van der Waals surface area contributed by atoms with Crippen LogP contribution in [0.5, 0.6) is 0 Å². The molecule has 2 aromatic rings. The van der Waals surface area contributed by atoms with Gasteiger partial charge in [-0.05, 0) is 19.8 Å². The van der Waals surface area contributed by atoms with Crippen molar-refractivity contribution in [2.24, 2.45) is 0 Å². The van der Waals surface area contributed by atoms with Crippen LogP contribution < -0.4 is 5.32 Å².